The zero-order valence-corrected chi connectivity index (χ0v) is 7.16. The van der Waals surface area contributed by atoms with Gasteiger partial charge in [-0.2, -0.15) is 10.5 Å². The molecule has 0 amide bonds. The Kier molecular flexibility index (Phi) is 2.06. The highest BCUT2D eigenvalue weighted by Crippen LogP contribution is 2.26. The lowest BCUT2D eigenvalue weighted by molar-refractivity contribution is 1.46. The van der Waals surface area contributed by atoms with Crippen molar-refractivity contribution in [2.75, 3.05) is 0 Å². The second-order valence-corrected chi connectivity index (χ2v) is 3.72. The Morgan fingerprint density at radius 2 is 2.10 bits per heavy atom. The molecule has 0 aromatic carbocycles. The second kappa shape index (κ2) is 2.83. The molecule has 10 heavy (non-hydrogen) atoms. The first-order valence-corrected chi connectivity index (χ1v) is 4.04. The van der Waals surface area contributed by atoms with Crippen molar-refractivity contribution in [1.29, 1.82) is 10.5 Å². The summed E-state index contributed by atoms with van der Waals surface area (Å²) in [5.74, 6) is 0. The van der Waals surface area contributed by atoms with E-state index in [0.717, 1.165) is 3.79 Å². The molecule has 0 saturated heterocycles. The maximum atomic E-state index is 8.49. The van der Waals surface area contributed by atoms with E-state index in [1.165, 1.54) is 11.3 Å². The molecule has 0 spiro atoms. The van der Waals surface area contributed by atoms with Crippen molar-refractivity contribution in [1.82, 2.24) is 0 Å². The first-order valence-electron chi connectivity index (χ1n) is 2.36. The zero-order valence-electron chi connectivity index (χ0n) is 4.76. The number of nitriles is 2. The Morgan fingerprint density at radius 1 is 1.40 bits per heavy atom. The van der Waals surface area contributed by atoms with Gasteiger partial charge in [0.25, 0.3) is 0 Å². The lowest BCUT2D eigenvalue weighted by atomic mass is 10.2. The molecule has 48 valence electrons. The Morgan fingerprint density at radius 3 is 2.50 bits per heavy atom. The summed E-state index contributed by atoms with van der Waals surface area (Å²) in [6, 6.07) is 3.86. The molecule has 0 unspecified atom stereocenters. The highest BCUT2D eigenvalue weighted by Gasteiger charge is 2.06. The van der Waals surface area contributed by atoms with Crippen molar-refractivity contribution in [3.8, 4) is 12.1 Å². The van der Waals surface area contributed by atoms with E-state index >= 15 is 0 Å². The van der Waals surface area contributed by atoms with Crippen molar-refractivity contribution >= 4 is 27.3 Å². The van der Waals surface area contributed by atoms with E-state index in [2.05, 4.69) is 15.9 Å². The van der Waals surface area contributed by atoms with Crippen LogP contribution in [0.15, 0.2) is 9.17 Å². The van der Waals surface area contributed by atoms with Crippen LogP contribution in [-0.4, -0.2) is 0 Å². The van der Waals surface area contributed by atoms with Gasteiger partial charge in [0.1, 0.15) is 12.1 Å². The fourth-order valence-corrected chi connectivity index (χ4v) is 1.77. The average Bonchev–Trinajstić information content (AvgIpc) is 2.30. The molecular weight excluding hydrogens is 212 g/mol. The van der Waals surface area contributed by atoms with Crippen LogP contribution in [0.1, 0.15) is 11.1 Å². The smallest absolute Gasteiger partial charge is 0.103 e. The zero-order chi connectivity index (χ0) is 7.56. The third-order valence-corrected chi connectivity index (χ3v) is 2.70. The molecule has 1 aromatic heterocycles. The Labute approximate surface area is 70.5 Å². The first-order chi connectivity index (χ1) is 4.79. The van der Waals surface area contributed by atoms with Crippen LogP contribution in [0.2, 0.25) is 0 Å². The van der Waals surface area contributed by atoms with Crippen LogP contribution in [0.25, 0.3) is 0 Å². The molecule has 2 nitrogen and oxygen atoms in total. The number of hydrogen-bond donors (Lipinski definition) is 0. The van der Waals surface area contributed by atoms with Gasteiger partial charge in [-0.25, -0.2) is 0 Å². The molecule has 0 N–H and O–H groups in total. The Balaban J connectivity index is 3.34. The van der Waals surface area contributed by atoms with Crippen LogP contribution in [0.5, 0.6) is 0 Å². The van der Waals surface area contributed by atoms with Gasteiger partial charge in [0, 0.05) is 5.38 Å². The highest BCUT2D eigenvalue weighted by molar-refractivity contribution is 9.11. The van der Waals surface area contributed by atoms with Gasteiger partial charge in [-0.15, -0.1) is 11.3 Å². The van der Waals surface area contributed by atoms with Gasteiger partial charge in [-0.05, 0) is 15.9 Å². The van der Waals surface area contributed by atoms with E-state index in [9.17, 15) is 0 Å². The van der Waals surface area contributed by atoms with E-state index in [1.807, 2.05) is 12.1 Å². The molecule has 0 bridgehead atoms. The summed E-state index contributed by atoms with van der Waals surface area (Å²) in [6.45, 7) is 0. The molecule has 1 rings (SSSR count). The highest BCUT2D eigenvalue weighted by atomic mass is 79.9. The Hall–Kier alpha value is -0.840. The monoisotopic (exact) mass is 212 g/mol. The van der Waals surface area contributed by atoms with E-state index in [1.54, 1.807) is 5.38 Å². The summed E-state index contributed by atoms with van der Waals surface area (Å²) in [5.41, 5.74) is 0.881. The molecule has 0 aliphatic rings. The summed E-state index contributed by atoms with van der Waals surface area (Å²) >= 11 is 4.51. The van der Waals surface area contributed by atoms with E-state index in [4.69, 9.17) is 10.5 Å². The van der Waals surface area contributed by atoms with Crippen LogP contribution in [-0.2, 0) is 0 Å². The normalized spacial score (nSPS) is 8.30. The van der Waals surface area contributed by atoms with Crippen molar-refractivity contribution in [2.45, 2.75) is 0 Å². The van der Waals surface area contributed by atoms with Crippen LogP contribution < -0.4 is 0 Å². The third kappa shape index (κ3) is 1.04. The molecule has 0 saturated carbocycles. The fraction of sp³-hybridized carbons (Fsp3) is 0. The molecule has 0 radical (unpaired) electrons. The predicted octanol–water partition coefficient (Wildman–Crippen LogP) is 2.25. The van der Waals surface area contributed by atoms with Gasteiger partial charge in [-0.3, -0.25) is 0 Å². The quantitative estimate of drug-likeness (QED) is 0.663. The minimum atomic E-state index is 0.438. The standard InChI is InChI=1S/C6HBrN2S/c7-6-5(2-9)4(1-8)3-10-6/h3H. The summed E-state index contributed by atoms with van der Waals surface area (Å²) in [5, 5.41) is 18.6. The molecular formula is C6HBrN2S. The van der Waals surface area contributed by atoms with Crippen LogP contribution in [0, 0.1) is 22.7 Å². The van der Waals surface area contributed by atoms with Gasteiger partial charge in [0.2, 0.25) is 0 Å². The molecule has 0 aliphatic carbocycles. The average molecular weight is 213 g/mol. The SMILES string of the molecule is N#Cc1csc(Br)c1C#N. The largest absolute Gasteiger partial charge is 0.192 e. The minimum Gasteiger partial charge on any atom is -0.192 e. The van der Waals surface area contributed by atoms with Gasteiger partial charge in [0.15, 0.2) is 0 Å². The number of rotatable bonds is 0. The van der Waals surface area contributed by atoms with Gasteiger partial charge >= 0.3 is 0 Å². The van der Waals surface area contributed by atoms with E-state index in [-0.39, 0.29) is 0 Å². The van der Waals surface area contributed by atoms with Crippen LogP contribution in [0.4, 0.5) is 0 Å². The van der Waals surface area contributed by atoms with Crippen molar-refractivity contribution in [3.05, 3.63) is 20.3 Å². The van der Waals surface area contributed by atoms with Crippen LogP contribution >= 0.6 is 27.3 Å². The van der Waals surface area contributed by atoms with Crippen molar-refractivity contribution in [3.63, 3.8) is 0 Å². The van der Waals surface area contributed by atoms with Crippen molar-refractivity contribution in [2.24, 2.45) is 0 Å². The number of nitrogens with zero attached hydrogens (tertiary/aromatic N) is 2. The molecule has 0 fully saturated rings. The molecule has 1 aromatic rings. The molecule has 0 aliphatic heterocycles. The summed E-state index contributed by atoms with van der Waals surface area (Å²) in [7, 11) is 0. The topological polar surface area (TPSA) is 47.6 Å². The van der Waals surface area contributed by atoms with E-state index < -0.39 is 0 Å². The fourth-order valence-electron chi connectivity index (χ4n) is 0.521. The maximum absolute atomic E-state index is 8.49. The van der Waals surface area contributed by atoms with Crippen LogP contribution in [0.3, 0.4) is 0 Å². The molecule has 0 atom stereocenters. The predicted molar refractivity (Wildman–Crippen MR) is 41.4 cm³/mol. The summed E-state index contributed by atoms with van der Waals surface area (Å²) in [4.78, 5) is 0. The summed E-state index contributed by atoms with van der Waals surface area (Å²) < 4.78 is 0.728. The van der Waals surface area contributed by atoms with Gasteiger partial charge < -0.3 is 0 Å². The lowest BCUT2D eigenvalue weighted by Crippen LogP contribution is -1.73. The lowest BCUT2D eigenvalue weighted by Gasteiger charge is -1.79. The maximum Gasteiger partial charge on any atom is 0.103 e. The minimum absolute atomic E-state index is 0.438. The summed E-state index contributed by atoms with van der Waals surface area (Å²) in [6.07, 6.45) is 0. The number of hydrogen-bond acceptors (Lipinski definition) is 3. The molecule has 1 heterocycles. The second-order valence-electron chi connectivity index (χ2n) is 1.52. The first kappa shape index (κ1) is 7.27. The van der Waals surface area contributed by atoms with Gasteiger partial charge in [-0.1, -0.05) is 0 Å². The van der Waals surface area contributed by atoms with Gasteiger partial charge in [0.05, 0.1) is 14.9 Å². The third-order valence-electron chi connectivity index (χ3n) is 0.978. The Bertz CT molecular complexity index is 328. The molecule has 4 heteroatoms. The van der Waals surface area contributed by atoms with Crippen molar-refractivity contribution < 1.29 is 0 Å². The van der Waals surface area contributed by atoms with E-state index in [0.29, 0.717) is 11.1 Å². The number of thiophene rings is 1. The number of halogens is 1.